The molecule has 1 N–H and O–H groups in total. The van der Waals surface area contributed by atoms with Crippen LogP contribution in [0.3, 0.4) is 0 Å². The van der Waals surface area contributed by atoms with Crippen LogP contribution in [0.4, 0.5) is 0 Å². The molecule has 1 amide bonds. The molecule has 0 bridgehead atoms. The summed E-state index contributed by atoms with van der Waals surface area (Å²) in [5.41, 5.74) is 1.66. The van der Waals surface area contributed by atoms with Gasteiger partial charge in [-0.1, -0.05) is 29.3 Å². The molecular formula is C17H25ClN2O. The molecular weight excluding hydrogens is 284 g/mol. The van der Waals surface area contributed by atoms with Crippen molar-refractivity contribution in [1.82, 2.24) is 10.2 Å². The number of rotatable bonds is 3. The number of amides is 1. The van der Waals surface area contributed by atoms with Gasteiger partial charge in [-0.05, 0) is 58.8 Å². The van der Waals surface area contributed by atoms with E-state index in [9.17, 15) is 4.79 Å². The molecule has 1 aromatic carbocycles. The van der Waals surface area contributed by atoms with Crippen LogP contribution >= 0.6 is 11.6 Å². The lowest BCUT2D eigenvalue weighted by atomic mass is 9.90. The van der Waals surface area contributed by atoms with Crippen molar-refractivity contribution in [3.05, 3.63) is 34.3 Å². The van der Waals surface area contributed by atoms with Crippen LogP contribution in [-0.4, -0.2) is 30.9 Å². The number of nitrogens with zero attached hydrogens (tertiary/aromatic N) is 1. The van der Waals surface area contributed by atoms with Crippen LogP contribution in [-0.2, 0) is 10.3 Å². The van der Waals surface area contributed by atoms with Crippen molar-refractivity contribution in [3.63, 3.8) is 0 Å². The Labute approximate surface area is 132 Å². The molecule has 0 aliphatic carbocycles. The van der Waals surface area contributed by atoms with Gasteiger partial charge in [0.05, 0.1) is 11.5 Å². The van der Waals surface area contributed by atoms with Gasteiger partial charge in [-0.2, -0.15) is 0 Å². The maximum absolute atomic E-state index is 12.5. The number of carbonyl (C=O) groups is 1. The Morgan fingerprint density at radius 1 is 1.43 bits per heavy atom. The first-order valence-electron chi connectivity index (χ1n) is 7.57. The SMILES string of the molecule is Cc1ccc(Cl)c(C(C)(C)NC(=O)C2CCCN(C)C2)c1. The Balaban J connectivity index is 2.12. The number of carbonyl (C=O) groups excluding carboxylic acids is 1. The summed E-state index contributed by atoms with van der Waals surface area (Å²) >= 11 is 6.31. The van der Waals surface area contributed by atoms with Gasteiger partial charge in [-0.15, -0.1) is 0 Å². The monoisotopic (exact) mass is 308 g/mol. The molecule has 1 heterocycles. The summed E-state index contributed by atoms with van der Waals surface area (Å²) in [5.74, 6) is 0.204. The number of aryl methyl sites for hydroxylation is 1. The third-order valence-corrected chi connectivity index (χ3v) is 4.56. The molecule has 1 aliphatic heterocycles. The Hall–Kier alpha value is -1.06. The van der Waals surface area contributed by atoms with E-state index in [1.54, 1.807) is 0 Å². The van der Waals surface area contributed by atoms with E-state index >= 15 is 0 Å². The van der Waals surface area contributed by atoms with Gasteiger partial charge in [0.1, 0.15) is 0 Å². The summed E-state index contributed by atoms with van der Waals surface area (Å²) in [6.45, 7) is 7.98. The second-order valence-corrected chi connectivity index (χ2v) is 7.11. The highest BCUT2D eigenvalue weighted by Crippen LogP contribution is 2.29. The highest BCUT2D eigenvalue weighted by molar-refractivity contribution is 6.31. The van der Waals surface area contributed by atoms with Crippen molar-refractivity contribution in [2.45, 2.75) is 39.2 Å². The first-order chi connectivity index (χ1) is 9.79. The number of piperidine rings is 1. The molecule has 1 aromatic rings. The Bertz CT molecular complexity index is 528. The maximum atomic E-state index is 12.5. The van der Waals surface area contributed by atoms with E-state index in [2.05, 4.69) is 23.3 Å². The normalized spacial score (nSPS) is 20.3. The number of hydrogen-bond acceptors (Lipinski definition) is 2. The summed E-state index contributed by atoms with van der Waals surface area (Å²) in [6, 6.07) is 5.93. The molecule has 1 saturated heterocycles. The minimum atomic E-state index is -0.462. The summed E-state index contributed by atoms with van der Waals surface area (Å²) in [4.78, 5) is 14.8. The molecule has 4 heteroatoms. The third-order valence-electron chi connectivity index (χ3n) is 4.23. The van der Waals surface area contributed by atoms with Crippen molar-refractivity contribution in [1.29, 1.82) is 0 Å². The van der Waals surface area contributed by atoms with E-state index < -0.39 is 5.54 Å². The lowest BCUT2D eigenvalue weighted by Gasteiger charge is -2.33. The lowest BCUT2D eigenvalue weighted by molar-refractivity contribution is -0.128. The van der Waals surface area contributed by atoms with Gasteiger partial charge in [0.2, 0.25) is 5.91 Å². The summed E-state index contributed by atoms with van der Waals surface area (Å²) in [6.07, 6.45) is 2.05. The predicted molar refractivity (Wildman–Crippen MR) is 87.6 cm³/mol. The second-order valence-electron chi connectivity index (χ2n) is 6.70. The molecule has 0 radical (unpaired) electrons. The van der Waals surface area contributed by atoms with Gasteiger partial charge in [-0.3, -0.25) is 4.79 Å². The molecule has 0 saturated carbocycles. The van der Waals surface area contributed by atoms with Crippen LogP contribution < -0.4 is 5.32 Å². The lowest BCUT2D eigenvalue weighted by Crippen LogP contribution is -2.48. The quantitative estimate of drug-likeness (QED) is 0.929. The molecule has 3 nitrogen and oxygen atoms in total. The highest BCUT2D eigenvalue weighted by Gasteiger charge is 2.30. The van der Waals surface area contributed by atoms with Crippen LogP contribution in [0.2, 0.25) is 5.02 Å². The van der Waals surface area contributed by atoms with E-state index in [-0.39, 0.29) is 11.8 Å². The summed E-state index contributed by atoms with van der Waals surface area (Å²) < 4.78 is 0. The zero-order valence-electron chi connectivity index (χ0n) is 13.4. The standard InChI is InChI=1S/C17H25ClN2O/c1-12-7-8-15(18)14(10-12)17(2,3)19-16(21)13-6-5-9-20(4)11-13/h7-8,10,13H,5-6,9,11H2,1-4H3,(H,19,21). The van der Waals surface area contributed by atoms with Crippen LogP contribution in [0.1, 0.15) is 37.8 Å². The van der Waals surface area contributed by atoms with Crippen molar-refractivity contribution >= 4 is 17.5 Å². The van der Waals surface area contributed by atoms with Gasteiger partial charge in [0, 0.05) is 11.6 Å². The molecule has 2 rings (SSSR count). The number of benzene rings is 1. The van der Waals surface area contributed by atoms with E-state index in [1.165, 1.54) is 0 Å². The largest absolute Gasteiger partial charge is 0.347 e. The van der Waals surface area contributed by atoms with Crippen molar-refractivity contribution in [2.75, 3.05) is 20.1 Å². The van der Waals surface area contributed by atoms with E-state index in [4.69, 9.17) is 11.6 Å². The zero-order chi connectivity index (χ0) is 15.6. The van der Waals surface area contributed by atoms with E-state index in [1.807, 2.05) is 32.9 Å². The smallest absolute Gasteiger partial charge is 0.225 e. The molecule has 21 heavy (non-hydrogen) atoms. The molecule has 1 atom stereocenters. The molecule has 0 aromatic heterocycles. The van der Waals surface area contributed by atoms with Crippen LogP contribution in [0, 0.1) is 12.8 Å². The van der Waals surface area contributed by atoms with E-state index in [0.29, 0.717) is 5.02 Å². The van der Waals surface area contributed by atoms with Crippen molar-refractivity contribution < 1.29 is 4.79 Å². The van der Waals surface area contributed by atoms with Gasteiger partial charge in [-0.25, -0.2) is 0 Å². The zero-order valence-corrected chi connectivity index (χ0v) is 14.1. The van der Waals surface area contributed by atoms with Crippen LogP contribution in [0.25, 0.3) is 0 Å². The van der Waals surface area contributed by atoms with Gasteiger partial charge in [0.25, 0.3) is 0 Å². The molecule has 1 unspecified atom stereocenters. The second kappa shape index (κ2) is 6.37. The topological polar surface area (TPSA) is 32.3 Å². The average Bonchev–Trinajstić information content (AvgIpc) is 2.41. The van der Waals surface area contributed by atoms with Crippen molar-refractivity contribution in [2.24, 2.45) is 5.92 Å². The maximum Gasteiger partial charge on any atom is 0.225 e. The van der Waals surface area contributed by atoms with Gasteiger partial charge >= 0.3 is 0 Å². The molecule has 1 fully saturated rings. The van der Waals surface area contributed by atoms with Gasteiger partial charge in [0.15, 0.2) is 0 Å². The molecule has 1 aliphatic rings. The number of hydrogen-bond donors (Lipinski definition) is 1. The molecule has 116 valence electrons. The van der Waals surface area contributed by atoms with Crippen LogP contribution in [0.15, 0.2) is 18.2 Å². The fourth-order valence-electron chi connectivity index (χ4n) is 2.98. The Morgan fingerprint density at radius 3 is 2.81 bits per heavy atom. The summed E-state index contributed by atoms with van der Waals surface area (Å²) in [7, 11) is 2.07. The summed E-state index contributed by atoms with van der Waals surface area (Å²) in [5, 5.41) is 3.88. The number of nitrogens with one attached hydrogen (secondary N) is 1. The number of halogens is 1. The van der Waals surface area contributed by atoms with E-state index in [0.717, 1.165) is 37.1 Å². The minimum Gasteiger partial charge on any atom is -0.347 e. The fraction of sp³-hybridized carbons (Fsp3) is 0.588. The van der Waals surface area contributed by atoms with Gasteiger partial charge < -0.3 is 10.2 Å². The number of likely N-dealkylation sites (tertiary alicyclic amines) is 1. The first kappa shape index (κ1) is 16.3. The Kier molecular flexibility index (Phi) is 4.95. The fourth-order valence-corrected chi connectivity index (χ4v) is 3.33. The Morgan fingerprint density at radius 2 is 2.14 bits per heavy atom. The first-order valence-corrected chi connectivity index (χ1v) is 7.94. The molecule has 0 spiro atoms. The minimum absolute atomic E-state index is 0.0756. The average molecular weight is 309 g/mol. The predicted octanol–water partition coefficient (Wildman–Crippen LogP) is 3.34. The van der Waals surface area contributed by atoms with Crippen molar-refractivity contribution in [3.8, 4) is 0 Å². The van der Waals surface area contributed by atoms with Crippen LogP contribution in [0.5, 0.6) is 0 Å². The third kappa shape index (κ3) is 3.98. The highest BCUT2D eigenvalue weighted by atomic mass is 35.5.